The molecule has 0 fully saturated rings. The summed E-state index contributed by atoms with van der Waals surface area (Å²) in [5.41, 5.74) is 0. The van der Waals surface area contributed by atoms with E-state index in [2.05, 4.69) is 6.58 Å². The summed E-state index contributed by atoms with van der Waals surface area (Å²) in [6, 6.07) is 0.228. The maximum absolute atomic E-state index is 11.3. The van der Waals surface area contributed by atoms with Crippen LogP contribution in [-0.2, 0) is 4.79 Å². The highest BCUT2D eigenvalue weighted by molar-refractivity contribution is 5.88. The molecule has 0 rings (SSSR count). The minimum atomic E-state index is 0.00171. The Kier molecular flexibility index (Phi) is 5.09. The van der Waals surface area contributed by atoms with Gasteiger partial charge in [0.2, 0.25) is 5.91 Å². The van der Waals surface area contributed by atoms with E-state index in [9.17, 15) is 4.79 Å². The van der Waals surface area contributed by atoms with Gasteiger partial charge in [0.05, 0.1) is 0 Å². The molecule has 0 aliphatic carbocycles. The van der Waals surface area contributed by atoms with Crippen molar-refractivity contribution in [3.63, 3.8) is 0 Å². The number of allylic oxidation sites excluding steroid dienone is 1. The molecular weight excluding hydrogens is 150 g/mol. The highest BCUT2D eigenvalue weighted by Crippen LogP contribution is 2.04. The average Bonchev–Trinajstić information content (AvgIpc) is 2.06. The van der Waals surface area contributed by atoms with Crippen molar-refractivity contribution in [2.24, 2.45) is 0 Å². The molecule has 2 heteroatoms. The molecule has 2 nitrogen and oxygen atoms in total. The zero-order chi connectivity index (χ0) is 9.56. The van der Waals surface area contributed by atoms with E-state index < -0.39 is 0 Å². The van der Waals surface area contributed by atoms with E-state index in [0.29, 0.717) is 0 Å². The topological polar surface area (TPSA) is 20.3 Å². The summed E-state index contributed by atoms with van der Waals surface area (Å²) in [7, 11) is 0. The Morgan fingerprint density at radius 3 is 2.58 bits per heavy atom. The van der Waals surface area contributed by atoms with Crippen molar-refractivity contribution in [2.75, 3.05) is 0 Å². The average molecular weight is 167 g/mol. The van der Waals surface area contributed by atoms with Gasteiger partial charge in [-0.05, 0) is 26.3 Å². The third-order valence-electron chi connectivity index (χ3n) is 1.83. The molecule has 12 heavy (non-hydrogen) atoms. The first kappa shape index (κ1) is 11.0. The molecular formula is C10H17NO. The number of amides is 1. The molecule has 0 heterocycles. The molecule has 0 spiro atoms. The van der Waals surface area contributed by atoms with Crippen LogP contribution in [0.3, 0.4) is 0 Å². The van der Waals surface area contributed by atoms with Crippen molar-refractivity contribution in [1.29, 1.82) is 0 Å². The SMILES string of the molecule is C=CN(C(=O)/C=C\C)C(C)CC. The Labute approximate surface area is 74.6 Å². The fraction of sp³-hybridized carbons (Fsp3) is 0.500. The molecule has 68 valence electrons. The highest BCUT2D eigenvalue weighted by atomic mass is 16.2. The second kappa shape index (κ2) is 5.58. The Balaban J connectivity index is 4.33. The second-order valence-corrected chi connectivity index (χ2v) is 2.69. The lowest BCUT2D eigenvalue weighted by Crippen LogP contribution is -2.32. The van der Waals surface area contributed by atoms with Crippen LogP contribution in [0.5, 0.6) is 0 Å². The number of carbonyl (C=O) groups is 1. The van der Waals surface area contributed by atoms with Crippen LogP contribution in [0.1, 0.15) is 27.2 Å². The molecule has 0 aromatic rings. The minimum absolute atomic E-state index is 0.00171. The monoisotopic (exact) mass is 167 g/mol. The maximum atomic E-state index is 11.3. The first-order chi connectivity index (χ1) is 5.67. The molecule has 0 aromatic heterocycles. The third-order valence-corrected chi connectivity index (χ3v) is 1.83. The number of carbonyl (C=O) groups excluding carboxylic acids is 1. The van der Waals surface area contributed by atoms with Gasteiger partial charge >= 0.3 is 0 Å². The van der Waals surface area contributed by atoms with E-state index in [-0.39, 0.29) is 11.9 Å². The lowest BCUT2D eigenvalue weighted by Gasteiger charge is -2.22. The van der Waals surface area contributed by atoms with Gasteiger partial charge in [-0.3, -0.25) is 4.79 Å². The zero-order valence-corrected chi connectivity index (χ0v) is 8.08. The third kappa shape index (κ3) is 2.91. The van der Waals surface area contributed by atoms with Crippen molar-refractivity contribution in [3.8, 4) is 0 Å². The van der Waals surface area contributed by atoms with Crippen LogP contribution in [0.4, 0.5) is 0 Å². The van der Waals surface area contributed by atoms with Gasteiger partial charge < -0.3 is 4.90 Å². The van der Waals surface area contributed by atoms with Crippen LogP contribution < -0.4 is 0 Å². The smallest absolute Gasteiger partial charge is 0.250 e. The molecule has 0 aromatic carbocycles. The van der Waals surface area contributed by atoms with E-state index >= 15 is 0 Å². The van der Waals surface area contributed by atoms with Crippen molar-refractivity contribution >= 4 is 5.91 Å². The molecule has 0 saturated heterocycles. The van der Waals surface area contributed by atoms with Gasteiger partial charge in [0, 0.05) is 12.2 Å². The van der Waals surface area contributed by atoms with Gasteiger partial charge in [-0.2, -0.15) is 0 Å². The summed E-state index contributed by atoms with van der Waals surface area (Å²) in [6.07, 6.45) is 5.81. The predicted molar refractivity (Wildman–Crippen MR) is 51.6 cm³/mol. The van der Waals surface area contributed by atoms with E-state index in [0.717, 1.165) is 6.42 Å². The van der Waals surface area contributed by atoms with Gasteiger partial charge in [-0.25, -0.2) is 0 Å². The van der Waals surface area contributed by atoms with Gasteiger partial charge in [0.25, 0.3) is 0 Å². The lowest BCUT2D eigenvalue weighted by molar-refractivity contribution is -0.125. The number of hydrogen-bond acceptors (Lipinski definition) is 1. The van der Waals surface area contributed by atoms with Crippen molar-refractivity contribution < 1.29 is 4.79 Å². The standard InChI is InChI=1S/C10H17NO/c1-5-8-10(12)11(7-3)9(4)6-2/h5,7-9H,3,6H2,1-2,4H3/b8-5-. The van der Waals surface area contributed by atoms with Gasteiger partial charge in [0.15, 0.2) is 0 Å². The van der Waals surface area contributed by atoms with Crippen molar-refractivity contribution in [1.82, 2.24) is 4.90 Å². The first-order valence-electron chi connectivity index (χ1n) is 4.24. The molecule has 1 amide bonds. The molecule has 0 radical (unpaired) electrons. The van der Waals surface area contributed by atoms with Crippen molar-refractivity contribution in [3.05, 3.63) is 24.9 Å². The molecule has 0 N–H and O–H groups in total. The quantitative estimate of drug-likeness (QED) is 0.588. The normalized spacial score (nSPS) is 12.9. The first-order valence-corrected chi connectivity index (χ1v) is 4.24. The molecule has 0 aliphatic rings. The molecule has 0 saturated carbocycles. The fourth-order valence-electron chi connectivity index (χ4n) is 0.912. The van der Waals surface area contributed by atoms with Crippen molar-refractivity contribution in [2.45, 2.75) is 33.2 Å². The lowest BCUT2D eigenvalue weighted by atomic mass is 10.2. The van der Waals surface area contributed by atoms with Crippen LogP contribution >= 0.6 is 0 Å². The number of hydrogen-bond donors (Lipinski definition) is 0. The summed E-state index contributed by atoms with van der Waals surface area (Å²) in [5, 5.41) is 0. The summed E-state index contributed by atoms with van der Waals surface area (Å²) in [4.78, 5) is 13.0. The zero-order valence-electron chi connectivity index (χ0n) is 8.08. The number of nitrogens with zero attached hydrogens (tertiary/aromatic N) is 1. The van der Waals surface area contributed by atoms with E-state index in [1.54, 1.807) is 23.3 Å². The minimum Gasteiger partial charge on any atom is -0.313 e. The fourth-order valence-corrected chi connectivity index (χ4v) is 0.912. The Hall–Kier alpha value is -1.05. The molecule has 0 bridgehead atoms. The maximum Gasteiger partial charge on any atom is 0.250 e. The summed E-state index contributed by atoms with van der Waals surface area (Å²) in [6.45, 7) is 9.48. The molecule has 1 atom stereocenters. The Morgan fingerprint density at radius 1 is 1.67 bits per heavy atom. The summed E-state index contributed by atoms with van der Waals surface area (Å²) in [5.74, 6) is 0.00171. The van der Waals surface area contributed by atoms with E-state index in [4.69, 9.17) is 0 Å². The van der Waals surface area contributed by atoms with Gasteiger partial charge in [0.1, 0.15) is 0 Å². The number of rotatable bonds is 4. The van der Waals surface area contributed by atoms with Gasteiger partial charge in [-0.15, -0.1) is 0 Å². The molecule has 1 unspecified atom stereocenters. The largest absolute Gasteiger partial charge is 0.313 e. The Morgan fingerprint density at radius 2 is 2.25 bits per heavy atom. The van der Waals surface area contributed by atoms with Gasteiger partial charge in [-0.1, -0.05) is 19.6 Å². The Bertz CT molecular complexity index is 184. The van der Waals surface area contributed by atoms with E-state index in [1.165, 1.54) is 0 Å². The predicted octanol–water partition coefficient (Wildman–Crippen LogP) is 2.33. The molecule has 0 aliphatic heterocycles. The second-order valence-electron chi connectivity index (χ2n) is 2.69. The van der Waals surface area contributed by atoms with Crippen LogP contribution in [0, 0.1) is 0 Å². The van der Waals surface area contributed by atoms with Crippen LogP contribution in [-0.4, -0.2) is 16.8 Å². The van der Waals surface area contributed by atoms with Crippen LogP contribution in [0.2, 0.25) is 0 Å². The summed E-state index contributed by atoms with van der Waals surface area (Å²) < 4.78 is 0. The van der Waals surface area contributed by atoms with Crippen LogP contribution in [0.25, 0.3) is 0 Å². The highest BCUT2D eigenvalue weighted by Gasteiger charge is 2.11. The van der Waals surface area contributed by atoms with Crippen LogP contribution in [0.15, 0.2) is 24.9 Å². The van der Waals surface area contributed by atoms with E-state index in [1.807, 2.05) is 20.8 Å². The summed E-state index contributed by atoms with van der Waals surface area (Å²) >= 11 is 0.